The van der Waals surface area contributed by atoms with E-state index < -0.39 is 0 Å². The molecule has 2 heteroatoms. The second kappa shape index (κ2) is 4.15. The van der Waals surface area contributed by atoms with Gasteiger partial charge in [0.1, 0.15) is 0 Å². The first kappa shape index (κ1) is 10.8. The number of allylic oxidation sites excluding steroid dienone is 1. The Kier molecular flexibility index (Phi) is 2.49. The molecule has 2 aromatic carbocycles. The van der Waals surface area contributed by atoms with Crippen LogP contribution in [0.15, 0.2) is 71.9 Å². The highest BCUT2D eigenvalue weighted by atomic mass is 15.2. The van der Waals surface area contributed by atoms with Crippen LogP contribution < -0.4 is 4.90 Å². The molecule has 2 aromatic rings. The summed E-state index contributed by atoms with van der Waals surface area (Å²) < 4.78 is 0. The molecule has 1 heterocycles. The zero-order valence-electron chi connectivity index (χ0n) is 10.3. The van der Waals surface area contributed by atoms with E-state index in [0.717, 1.165) is 28.5 Å². The van der Waals surface area contributed by atoms with Gasteiger partial charge in [-0.1, -0.05) is 36.9 Å². The zero-order valence-corrected chi connectivity index (χ0v) is 10.3. The summed E-state index contributed by atoms with van der Waals surface area (Å²) in [6.45, 7) is 6.14. The molecule has 1 aliphatic rings. The van der Waals surface area contributed by atoms with E-state index in [2.05, 4.69) is 34.7 Å². The van der Waals surface area contributed by atoms with Crippen LogP contribution in [0, 0.1) is 0 Å². The summed E-state index contributed by atoms with van der Waals surface area (Å²) in [5.74, 6) is 0. The minimum absolute atomic E-state index is 0.930. The largest absolute Gasteiger partial charge is 0.307 e. The van der Waals surface area contributed by atoms with Crippen LogP contribution in [-0.2, 0) is 0 Å². The fourth-order valence-corrected chi connectivity index (χ4v) is 2.17. The Morgan fingerprint density at radius 1 is 0.944 bits per heavy atom. The maximum absolute atomic E-state index is 4.58. The lowest BCUT2D eigenvalue weighted by Gasteiger charge is -2.31. The fourth-order valence-electron chi connectivity index (χ4n) is 2.17. The summed E-state index contributed by atoms with van der Waals surface area (Å²) in [5.41, 5.74) is 5.08. The van der Waals surface area contributed by atoms with Gasteiger partial charge in [-0.2, -0.15) is 0 Å². The molecule has 0 spiro atoms. The number of hydrogen-bond acceptors (Lipinski definition) is 2. The van der Waals surface area contributed by atoms with Crippen molar-refractivity contribution in [3.63, 3.8) is 0 Å². The van der Waals surface area contributed by atoms with Crippen LogP contribution in [0.2, 0.25) is 0 Å². The molecule has 0 unspecified atom stereocenters. The van der Waals surface area contributed by atoms with E-state index in [4.69, 9.17) is 0 Å². The molecule has 1 aliphatic heterocycles. The van der Waals surface area contributed by atoms with Crippen molar-refractivity contribution in [3.05, 3.63) is 66.9 Å². The Morgan fingerprint density at radius 2 is 1.61 bits per heavy atom. The summed E-state index contributed by atoms with van der Waals surface area (Å²) in [7, 11) is 0. The molecule has 3 rings (SSSR count). The normalized spacial score (nSPS) is 14.2. The van der Waals surface area contributed by atoms with E-state index in [0.29, 0.717) is 0 Å². The number of nitrogens with zero attached hydrogens (tertiary/aromatic N) is 2. The predicted molar refractivity (Wildman–Crippen MR) is 76.9 cm³/mol. The molecular weight excluding hydrogens is 220 g/mol. The number of benzene rings is 2. The van der Waals surface area contributed by atoms with Gasteiger partial charge >= 0.3 is 0 Å². The van der Waals surface area contributed by atoms with Gasteiger partial charge in [0.25, 0.3) is 0 Å². The van der Waals surface area contributed by atoms with Crippen molar-refractivity contribution in [2.75, 3.05) is 4.90 Å². The van der Waals surface area contributed by atoms with E-state index in [-0.39, 0.29) is 0 Å². The highest BCUT2D eigenvalue weighted by molar-refractivity contribution is 6.08. The Balaban J connectivity index is 2.20. The van der Waals surface area contributed by atoms with Gasteiger partial charge in [-0.05, 0) is 31.2 Å². The maximum Gasteiger partial charge on any atom is 0.0874 e. The van der Waals surface area contributed by atoms with Crippen LogP contribution in [0.25, 0.3) is 0 Å². The molecule has 0 amide bonds. The Bertz CT molecular complexity index is 627. The van der Waals surface area contributed by atoms with Crippen molar-refractivity contribution in [1.29, 1.82) is 0 Å². The third-order valence-electron chi connectivity index (χ3n) is 3.11. The lowest BCUT2D eigenvalue weighted by atomic mass is 10.1. The van der Waals surface area contributed by atoms with Gasteiger partial charge in [-0.3, -0.25) is 0 Å². The molecule has 0 N–H and O–H groups in total. The molecule has 0 fully saturated rings. The van der Waals surface area contributed by atoms with Gasteiger partial charge in [0.15, 0.2) is 0 Å². The van der Waals surface area contributed by atoms with E-state index in [1.807, 2.05) is 43.3 Å². The molecular formula is C16H14N2. The third kappa shape index (κ3) is 1.63. The number of rotatable bonds is 1. The molecule has 0 radical (unpaired) electrons. The van der Waals surface area contributed by atoms with Crippen molar-refractivity contribution in [2.24, 2.45) is 4.99 Å². The van der Waals surface area contributed by atoms with E-state index >= 15 is 0 Å². The minimum atomic E-state index is 0.930. The van der Waals surface area contributed by atoms with Crippen LogP contribution in [0.5, 0.6) is 0 Å². The summed E-state index contributed by atoms with van der Waals surface area (Å²) in [4.78, 5) is 6.73. The predicted octanol–water partition coefficient (Wildman–Crippen LogP) is 4.44. The van der Waals surface area contributed by atoms with Crippen LogP contribution in [0.4, 0.5) is 17.1 Å². The first-order valence-electron chi connectivity index (χ1n) is 5.96. The van der Waals surface area contributed by atoms with Crippen LogP contribution in [0.1, 0.15) is 6.92 Å². The fraction of sp³-hybridized carbons (Fsp3) is 0.0625. The van der Waals surface area contributed by atoms with E-state index in [1.54, 1.807) is 0 Å². The van der Waals surface area contributed by atoms with Crippen molar-refractivity contribution in [1.82, 2.24) is 0 Å². The molecule has 0 aliphatic carbocycles. The van der Waals surface area contributed by atoms with Gasteiger partial charge < -0.3 is 4.90 Å². The van der Waals surface area contributed by atoms with Gasteiger partial charge in [0, 0.05) is 5.69 Å². The van der Waals surface area contributed by atoms with E-state index in [9.17, 15) is 0 Å². The van der Waals surface area contributed by atoms with Gasteiger partial charge in [0.05, 0.1) is 22.8 Å². The number of fused-ring (bicyclic) bond motifs is 1. The molecule has 0 bridgehead atoms. The molecule has 0 aromatic heterocycles. The van der Waals surface area contributed by atoms with Crippen LogP contribution in [0.3, 0.4) is 0 Å². The monoisotopic (exact) mass is 234 g/mol. The summed E-state index contributed by atoms with van der Waals surface area (Å²) >= 11 is 0. The summed E-state index contributed by atoms with van der Waals surface area (Å²) in [5, 5.41) is 0. The maximum atomic E-state index is 4.58. The van der Waals surface area contributed by atoms with Crippen molar-refractivity contribution in [2.45, 2.75) is 6.92 Å². The van der Waals surface area contributed by atoms with Crippen LogP contribution in [-0.4, -0.2) is 5.71 Å². The second-order valence-electron chi connectivity index (χ2n) is 4.30. The van der Waals surface area contributed by atoms with Gasteiger partial charge in [-0.15, -0.1) is 0 Å². The molecule has 0 saturated carbocycles. The minimum Gasteiger partial charge on any atom is -0.307 e. The number of hydrogen-bond donors (Lipinski definition) is 0. The molecule has 18 heavy (non-hydrogen) atoms. The Morgan fingerprint density at radius 3 is 2.39 bits per heavy atom. The molecule has 2 nitrogen and oxygen atoms in total. The Labute approximate surface area is 107 Å². The number of aliphatic imine (C=N–C) groups is 1. The number of anilines is 2. The smallest absolute Gasteiger partial charge is 0.0874 e. The van der Waals surface area contributed by atoms with Crippen molar-refractivity contribution < 1.29 is 0 Å². The third-order valence-corrected chi connectivity index (χ3v) is 3.11. The van der Waals surface area contributed by atoms with Crippen LogP contribution >= 0.6 is 0 Å². The highest BCUT2D eigenvalue weighted by Gasteiger charge is 2.21. The lowest BCUT2D eigenvalue weighted by molar-refractivity contribution is 1.19. The van der Waals surface area contributed by atoms with E-state index in [1.165, 1.54) is 0 Å². The average Bonchev–Trinajstić information content (AvgIpc) is 2.41. The summed E-state index contributed by atoms with van der Waals surface area (Å²) in [6, 6.07) is 18.4. The van der Waals surface area contributed by atoms with Gasteiger partial charge in [0.2, 0.25) is 0 Å². The topological polar surface area (TPSA) is 15.6 Å². The first-order chi connectivity index (χ1) is 8.77. The molecule has 88 valence electrons. The van der Waals surface area contributed by atoms with Gasteiger partial charge in [-0.25, -0.2) is 4.99 Å². The average molecular weight is 234 g/mol. The molecule has 0 atom stereocenters. The summed E-state index contributed by atoms with van der Waals surface area (Å²) in [6.07, 6.45) is 0. The highest BCUT2D eigenvalue weighted by Crippen LogP contribution is 2.40. The second-order valence-corrected chi connectivity index (χ2v) is 4.30. The zero-order chi connectivity index (χ0) is 12.5. The quantitative estimate of drug-likeness (QED) is 0.712. The number of para-hydroxylation sites is 3. The first-order valence-corrected chi connectivity index (χ1v) is 5.96. The van der Waals surface area contributed by atoms with Crippen molar-refractivity contribution >= 4 is 22.8 Å². The lowest BCUT2D eigenvalue weighted by Crippen LogP contribution is -2.23. The SMILES string of the molecule is C=C1C(C)=Nc2ccccc2N1c1ccccc1. The standard InChI is InChI=1S/C16H14N2/c1-12-13(2)18(14-8-4-3-5-9-14)16-11-7-6-10-15(16)17-12/h3-11H,2H2,1H3. The van der Waals surface area contributed by atoms with Crippen molar-refractivity contribution in [3.8, 4) is 0 Å². The molecule has 0 saturated heterocycles. The Hall–Kier alpha value is -2.35.